The SMILES string of the molecule is O=P(O)(O)OOF. The molecule has 0 radical (unpaired) electrons. The monoisotopic (exact) mass is 132 g/mol. The molecule has 44 valence electrons. The van der Waals surface area contributed by atoms with Gasteiger partial charge in [-0.3, -0.25) is 0 Å². The molecule has 0 aromatic carbocycles. The number of hydrogen-bond acceptors (Lipinski definition) is 3. The Bertz CT molecular complexity index is 82.1. The number of rotatable bonds is 2. The van der Waals surface area contributed by atoms with Gasteiger partial charge in [0.2, 0.25) is 0 Å². The van der Waals surface area contributed by atoms with E-state index in [-0.39, 0.29) is 0 Å². The first-order chi connectivity index (χ1) is 3.06. The lowest BCUT2D eigenvalue weighted by Crippen LogP contribution is -1.80. The highest BCUT2D eigenvalue weighted by Gasteiger charge is 2.14. The Morgan fingerprint density at radius 1 is 1.57 bits per heavy atom. The molecule has 0 unspecified atom stereocenters. The maximum atomic E-state index is 10.3. The van der Waals surface area contributed by atoms with Gasteiger partial charge in [0, 0.05) is 0 Å². The molecule has 0 fully saturated rings. The summed E-state index contributed by atoms with van der Waals surface area (Å²) < 4.78 is 22.3. The second kappa shape index (κ2) is 2.34. The molecular weight excluding hydrogens is 130 g/mol. The summed E-state index contributed by atoms with van der Waals surface area (Å²) in [7, 11) is -4.76. The van der Waals surface area contributed by atoms with Crippen LogP contribution in [-0.2, 0) is 14.3 Å². The maximum absolute atomic E-state index is 10.3. The summed E-state index contributed by atoms with van der Waals surface area (Å²) in [6.45, 7) is 0. The lowest BCUT2D eigenvalue weighted by atomic mass is 14.8. The molecule has 5 nitrogen and oxygen atoms in total. The van der Waals surface area contributed by atoms with E-state index < -0.39 is 7.82 Å². The molecular formula is H2FO5P. The van der Waals surface area contributed by atoms with Gasteiger partial charge in [0.25, 0.3) is 0 Å². The summed E-state index contributed by atoms with van der Waals surface area (Å²) in [4.78, 5) is 15.1. The van der Waals surface area contributed by atoms with Crippen LogP contribution in [-0.4, -0.2) is 9.79 Å². The van der Waals surface area contributed by atoms with Crippen molar-refractivity contribution in [1.29, 1.82) is 0 Å². The summed E-state index contributed by atoms with van der Waals surface area (Å²) in [5, 5.41) is 2.14. The number of halogens is 1. The van der Waals surface area contributed by atoms with Gasteiger partial charge in [-0.1, -0.05) is 4.67 Å². The van der Waals surface area contributed by atoms with E-state index in [2.05, 4.69) is 9.77 Å². The van der Waals surface area contributed by atoms with Crippen LogP contribution >= 0.6 is 7.82 Å². The van der Waals surface area contributed by atoms with E-state index in [4.69, 9.17) is 9.79 Å². The highest BCUT2D eigenvalue weighted by atomic mass is 31.2. The van der Waals surface area contributed by atoms with Crippen LogP contribution in [0.1, 0.15) is 0 Å². The lowest BCUT2D eigenvalue weighted by Gasteiger charge is -1.92. The van der Waals surface area contributed by atoms with E-state index in [1.807, 2.05) is 0 Å². The second-order valence-corrected chi connectivity index (χ2v) is 1.76. The van der Waals surface area contributed by atoms with Crippen molar-refractivity contribution < 1.29 is 28.6 Å². The van der Waals surface area contributed by atoms with Gasteiger partial charge >= 0.3 is 7.82 Å². The second-order valence-electron chi connectivity index (χ2n) is 0.628. The van der Waals surface area contributed by atoms with E-state index in [9.17, 15) is 9.09 Å². The Hall–Kier alpha value is -0.0000000000000000555. The van der Waals surface area contributed by atoms with Crippen LogP contribution in [0.25, 0.3) is 0 Å². The van der Waals surface area contributed by atoms with Gasteiger partial charge in [0.05, 0.1) is 0 Å². The molecule has 0 aliphatic rings. The molecule has 7 heavy (non-hydrogen) atoms. The van der Waals surface area contributed by atoms with Crippen molar-refractivity contribution in [2.75, 3.05) is 0 Å². The summed E-state index contributed by atoms with van der Waals surface area (Å²) in [5.41, 5.74) is 0. The third kappa shape index (κ3) is 6.00. The Labute approximate surface area is 37.7 Å². The van der Waals surface area contributed by atoms with Crippen LogP contribution in [0, 0.1) is 0 Å². The van der Waals surface area contributed by atoms with Gasteiger partial charge in [0.15, 0.2) is 0 Å². The third-order valence-electron chi connectivity index (χ3n) is 0.125. The molecule has 0 aromatic rings. The summed E-state index contributed by atoms with van der Waals surface area (Å²) in [6.07, 6.45) is 0. The lowest BCUT2D eigenvalue weighted by molar-refractivity contribution is -0.376. The van der Waals surface area contributed by atoms with Crippen molar-refractivity contribution in [3.8, 4) is 0 Å². The summed E-state index contributed by atoms with van der Waals surface area (Å²) in [5.74, 6) is 0. The zero-order valence-corrected chi connectivity index (χ0v) is 3.84. The van der Waals surface area contributed by atoms with Gasteiger partial charge in [-0.15, -0.1) is 0 Å². The standard InChI is InChI=1S/FH2O5P/c1-5-6-7(2,3)4/h(H2,2,3,4). The highest BCUT2D eigenvalue weighted by molar-refractivity contribution is 7.46. The van der Waals surface area contributed by atoms with Crippen molar-refractivity contribution >= 4 is 7.82 Å². The molecule has 0 bridgehead atoms. The van der Waals surface area contributed by atoms with Crippen LogP contribution in [0.3, 0.4) is 0 Å². The van der Waals surface area contributed by atoms with Crippen molar-refractivity contribution in [2.24, 2.45) is 0 Å². The molecule has 0 rings (SSSR count). The summed E-state index contributed by atoms with van der Waals surface area (Å²) in [6, 6.07) is 0. The third-order valence-corrected chi connectivity index (χ3v) is 0.376. The van der Waals surface area contributed by atoms with Crippen LogP contribution in [0.2, 0.25) is 0 Å². The molecule has 0 heterocycles. The average molecular weight is 132 g/mol. The molecule has 0 aliphatic carbocycles. The van der Waals surface area contributed by atoms with E-state index >= 15 is 0 Å². The van der Waals surface area contributed by atoms with Crippen molar-refractivity contribution in [3.05, 3.63) is 0 Å². The Morgan fingerprint density at radius 3 is 2.00 bits per heavy atom. The van der Waals surface area contributed by atoms with Crippen LogP contribution in [0.15, 0.2) is 0 Å². The highest BCUT2D eigenvalue weighted by Crippen LogP contribution is 2.35. The smallest absolute Gasteiger partial charge is 0.301 e. The maximum Gasteiger partial charge on any atom is 0.499 e. The largest absolute Gasteiger partial charge is 0.499 e. The molecule has 0 amide bonds. The Kier molecular flexibility index (Phi) is 2.34. The van der Waals surface area contributed by atoms with Crippen LogP contribution < -0.4 is 0 Å². The van der Waals surface area contributed by atoms with E-state index in [0.717, 1.165) is 0 Å². The number of hydrogen-bond donors (Lipinski definition) is 2. The van der Waals surface area contributed by atoms with Gasteiger partial charge in [-0.05, 0) is 9.62 Å². The minimum absolute atomic E-state index is 2.14. The Morgan fingerprint density at radius 2 is 2.00 bits per heavy atom. The Balaban J connectivity index is 3.36. The molecule has 0 aliphatic heterocycles. The van der Waals surface area contributed by atoms with Crippen molar-refractivity contribution in [3.63, 3.8) is 0 Å². The van der Waals surface area contributed by atoms with E-state index in [0.29, 0.717) is 0 Å². The molecule has 0 saturated heterocycles. The summed E-state index contributed by atoms with van der Waals surface area (Å²) >= 11 is 0. The molecule has 7 heteroatoms. The topological polar surface area (TPSA) is 76.0 Å². The van der Waals surface area contributed by atoms with Crippen LogP contribution in [0.5, 0.6) is 0 Å². The normalized spacial score (nSPS) is 11.9. The average Bonchev–Trinajstić information content (AvgIpc) is 1.30. The molecule has 0 atom stereocenters. The van der Waals surface area contributed by atoms with Gasteiger partial charge < -0.3 is 9.79 Å². The fourth-order valence-corrected chi connectivity index (χ4v) is 0.110. The predicted octanol–water partition coefficient (Wildman–Crippen LogP) is -0.0882. The molecule has 2 N–H and O–H groups in total. The molecule has 0 saturated carbocycles. The number of phosphoric acid groups is 1. The predicted molar refractivity (Wildman–Crippen MR) is 15.3 cm³/mol. The minimum atomic E-state index is -4.76. The van der Waals surface area contributed by atoms with Gasteiger partial charge in [-0.25, -0.2) is 4.57 Å². The molecule has 0 spiro atoms. The van der Waals surface area contributed by atoms with E-state index in [1.54, 1.807) is 0 Å². The first-order valence-corrected chi connectivity index (χ1v) is 2.62. The van der Waals surface area contributed by atoms with Crippen molar-refractivity contribution in [1.82, 2.24) is 0 Å². The van der Waals surface area contributed by atoms with Crippen molar-refractivity contribution in [2.45, 2.75) is 0 Å². The molecule has 0 aromatic heterocycles. The zero-order valence-electron chi connectivity index (χ0n) is 2.94. The fourth-order valence-electron chi connectivity index (χ4n) is 0.0367. The first kappa shape index (κ1) is 7.00. The quantitative estimate of drug-likeness (QED) is 0.312. The van der Waals surface area contributed by atoms with E-state index in [1.165, 1.54) is 0 Å². The van der Waals surface area contributed by atoms with Gasteiger partial charge in [-0.2, -0.15) is 0 Å². The fraction of sp³-hybridized carbons (Fsp3) is 0. The minimum Gasteiger partial charge on any atom is -0.301 e. The zero-order chi connectivity index (χ0) is 5.91. The first-order valence-electron chi connectivity index (χ1n) is 1.09. The van der Waals surface area contributed by atoms with Gasteiger partial charge in [0.1, 0.15) is 0 Å². The van der Waals surface area contributed by atoms with Crippen LogP contribution in [0.4, 0.5) is 4.53 Å².